The molecular weight excluding hydrogens is 404 g/mol. The van der Waals surface area contributed by atoms with E-state index >= 15 is 0 Å². The number of aryl methyl sites for hydroxylation is 2. The van der Waals surface area contributed by atoms with Crippen LogP contribution in [0.4, 0.5) is 11.4 Å². The minimum absolute atomic E-state index is 0.186. The van der Waals surface area contributed by atoms with E-state index in [-0.39, 0.29) is 11.8 Å². The van der Waals surface area contributed by atoms with E-state index in [1.807, 2.05) is 45.0 Å². The second-order valence-corrected chi connectivity index (χ2v) is 8.77. The lowest BCUT2D eigenvalue weighted by molar-refractivity contribution is -0.137. The molecule has 1 N–H and O–H groups in total. The average molecular weight is 439 g/mol. The van der Waals surface area contributed by atoms with Crippen LogP contribution < -0.4 is 19.9 Å². The van der Waals surface area contributed by atoms with Crippen LogP contribution in [-0.4, -0.2) is 43.5 Å². The lowest BCUT2D eigenvalue weighted by Crippen LogP contribution is -2.47. The van der Waals surface area contributed by atoms with Gasteiger partial charge >= 0.3 is 0 Å². The fourth-order valence-corrected chi connectivity index (χ4v) is 3.98. The van der Waals surface area contributed by atoms with Crippen LogP contribution in [-0.2, 0) is 16.1 Å². The monoisotopic (exact) mass is 438 g/mol. The van der Waals surface area contributed by atoms with Gasteiger partial charge in [-0.3, -0.25) is 14.6 Å². The van der Waals surface area contributed by atoms with Crippen LogP contribution in [0.1, 0.15) is 44.1 Å². The zero-order chi connectivity index (χ0) is 23.5. The highest BCUT2D eigenvalue weighted by Crippen LogP contribution is 2.40. The molecule has 1 aromatic carbocycles. The summed E-state index contributed by atoms with van der Waals surface area (Å²) in [6.07, 6.45) is 0.844. The molecule has 7 heteroatoms. The van der Waals surface area contributed by atoms with E-state index in [1.54, 1.807) is 30.7 Å². The highest BCUT2D eigenvalue weighted by atomic mass is 16.5. The quantitative estimate of drug-likeness (QED) is 0.503. The molecule has 0 radical (unpaired) electrons. The number of hydrogen-bond donors (Lipinski definition) is 1. The van der Waals surface area contributed by atoms with E-state index in [1.165, 1.54) is 5.56 Å². The first kappa shape index (κ1) is 23.7. The number of amides is 2. The van der Waals surface area contributed by atoms with Crippen LogP contribution in [0, 0.1) is 19.3 Å². The number of pyridine rings is 1. The maximum Gasteiger partial charge on any atom is 0.242 e. The zero-order valence-electron chi connectivity index (χ0n) is 20.0. The van der Waals surface area contributed by atoms with Gasteiger partial charge in [0.25, 0.3) is 0 Å². The number of carbonyl (C=O) groups is 2. The second kappa shape index (κ2) is 9.69. The van der Waals surface area contributed by atoms with Crippen molar-refractivity contribution in [3.8, 4) is 5.75 Å². The molecule has 0 fully saturated rings. The summed E-state index contributed by atoms with van der Waals surface area (Å²) < 4.78 is 5.94. The second-order valence-electron chi connectivity index (χ2n) is 8.77. The third kappa shape index (κ3) is 4.78. The zero-order valence-corrected chi connectivity index (χ0v) is 20.0. The number of nitrogens with zero attached hydrogens (tertiary/aromatic N) is 3. The lowest BCUT2D eigenvalue weighted by Gasteiger charge is -2.27. The van der Waals surface area contributed by atoms with Gasteiger partial charge < -0.3 is 19.9 Å². The predicted octanol–water partition coefficient (Wildman–Crippen LogP) is 3.61. The Kier molecular flexibility index (Phi) is 7.19. The first-order valence-electron chi connectivity index (χ1n) is 11.2. The van der Waals surface area contributed by atoms with E-state index in [0.717, 1.165) is 36.6 Å². The number of anilines is 2. The van der Waals surface area contributed by atoms with Gasteiger partial charge in [-0.05, 0) is 71.3 Å². The lowest BCUT2D eigenvalue weighted by atomic mass is 9.90. The summed E-state index contributed by atoms with van der Waals surface area (Å²) in [5.41, 5.74) is 3.60. The van der Waals surface area contributed by atoms with Crippen LogP contribution in [0.3, 0.4) is 0 Å². The number of fused-ring (bicyclic) bond motifs is 1. The van der Waals surface area contributed by atoms with Gasteiger partial charge in [-0.1, -0.05) is 6.07 Å². The van der Waals surface area contributed by atoms with Crippen molar-refractivity contribution >= 4 is 23.2 Å². The van der Waals surface area contributed by atoms with Crippen molar-refractivity contribution in [1.82, 2.24) is 10.3 Å². The molecule has 2 amide bonds. The van der Waals surface area contributed by atoms with Crippen molar-refractivity contribution in [3.63, 3.8) is 0 Å². The van der Waals surface area contributed by atoms with Crippen molar-refractivity contribution in [2.24, 2.45) is 5.41 Å². The van der Waals surface area contributed by atoms with Crippen molar-refractivity contribution < 1.29 is 14.3 Å². The van der Waals surface area contributed by atoms with Crippen molar-refractivity contribution in [2.45, 2.75) is 47.6 Å². The van der Waals surface area contributed by atoms with Crippen LogP contribution in [0.2, 0.25) is 0 Å². The Balaban J connectivity index is 1.59. The third-order valence-electron chi connectivity index (χ3n) is 5.95. The minimum Gasteiger partial charge on any atom is -0.493 e. The standard InChI is InChI=1S/C25H34N4O3/c1-7-29-21-12-11-20(15-22(21)28(6)23(30)25(4,5)24(29)31)32-14-8-13-26-16-19-10-9-17(2)27-18(19)3/h9-12,15,26H,7-8,13-14,16H2,1-6H3. The van der Waals surface area contributed by atoms with Gasteiger partial charge in [-0.2, -0.15) is 0 Å². The van der Waals surface area contributed by atoms with Gasteiger partial charge in [0.2, 0.25) is 11.8 Å². The summed E-state index contributed by atoms with van der Waals surface area (Å²) >= 11 is 0. The molecule has 32 heavy (non-hydrogen) atoms. The van der Waals surface area contributed by atoms with Gasteiger partial charge in [-0.25, -0.2) is 0 Å². The van der Waals surface area contributed by atoms with Crippen molar-refractivity contribution in [2.75, 3.05) is 36.5 Å². The fraction of sp³-hybridized carbons (Fsp3) is 0.480. The molecule has 1 aliphatic heterocycles. The summed E-state index contributed by atoms with van der Waals surface area (Å²) in [5.74, 6) is 0.279. The number of nitrogens with one attached hydrogen (secondary N) is 1. The summed E-state index contributed by atoms with van der Waals surface area (Å²) in [5, 5.41) is 3.43. The molecule has 0 atom stereocenters. The molecular formula is C25H34N4O3. The molecule has 0 saturated heterocycles. The number of carbonyl (C=O) groups excluding carboxylic acids is 2. The molecule has 0 bridgehead atoms. The van der Waals surface area contributed by atoms with E-state index in [0.29, 0.717) is 24.6 Å². The first-order valence-corrected chi connectivity index (χ1v) is 11.2. The molecule has 0 spiro atoms. The highest BCUT2D eigenvalue weighted by molar-refractivity contribution is 6.20. The summed E-state index contributed by atoms with van der Waals surface area (Å²) in [7, 11) is 1.71. The van der Waals surface area contributed by atoms with Crippen molar-refractivity contribution in [3.05, 3.63) is 47.3 Å². The van der Waals surface area contributed by atoms with Gasteiger partial charge in [0.15, 0.2) is 0 Å². The molecule has 1 aliphatic rings. The van der Waals surface area contributed by atoms with Crippen LogP contribution in [0.15, 0.2) is 30.3 Å². The molecule has 0 saturated carbocycles. The van der Waals surface area contributed by atoms with Gasteiger partial charge in [0.1, 0.15) is 11.2 Å². The summed E-state index contributed by atoms with van der Waals surface area (Å²) in [6.45, 7) is 12.0. The molecule has 2 aromatic rings. The topological polar surface area (TPSA) is 74.8 Å². The Morgan fingerprint density at radius 3 is 2.50 bits per heavy atom. The molecule has 1 aromatic heterocycles. The van der Waals surface area contributed by atoms with E-state index in [4.69, 9.17) is 4.74 Å². The Morgan fingerprint density at radius 1 is 1.06 bits per heavy atom. The Labute approximate surface area is 190 Å². The van der Waals surface area contributed by atoms with Crippen LogP contribution in [0.5, 0.6) is 5.75 Å². The largest absolute Gasteiger partial charge is 0.493 e. The van der Waals surface area contributed by atoms with Gasteiger partial charge in [0, 0.05) is 37.6 Å². The Hall–Kier alpha value is -2.93. The summed E-state index contributed by atoms with van der Waals surface area (Å²) in [6, 6.07) is 9.71. The number of benzene rings is 1. The number of rotatable bonds is 8. The molecule has 172 valence electrons. The van der Waals surface area contributed by atoms with E-state index in [2.05, 4.69) is 16.4 Å². The minimum atomic E-state index is -1.11. The molecule has 7 nitrogen and oxygen atoms in total. The van der Waals surface area contributed by atoms with E-state index in [9.17, 15) is 9.59 Å². The Bertz CT molecular complexity index is 1000. The molecule has 2 heterocycles. The average Bonchev–Trinajstić information content (AvgIpc) is 2.81. The molecule has 0 unspecified atom stereocenters. The highest BCUT2D eigenvalue weighted by Gasteiger charge is 2.45. The van der Waals surface area contributed by atoms with Crippen LogP contribution >= 0.6 is 0 Å². The maximum atomic E-state index is 13.0. The predicted molar refractivity (Wildman–Crippen MR) is 127 cm³/mol. The van der Waals surface area contributed by atoms with Gasteiger partial charge in [-0.15, -0.1) is 0 Å². The number of hydrogen-bond acceptors (Lipinski definition) is 5. The summed E-state index contributed by atoms with van der Waals surface area (Å²) in [4.78, 5) is 33.6. The normalized spacial score (nSPS) is 15.6. The molecule has 0 aliphatic carbocycles. The SMILES string of the molecule is CCN1C(=O)C(C)(C)C(=O)N(C)c2cc(OCCCNCc3ccc(C)nc3C)ccc21. The van der Waals surface area contributed by atoms with Gasteiger partial charge in [0.05, 0.1) is 18.0 Å². The number of ether oxygens (including phenoxy) is 1. The first-order chi connectivity index (χ1) is 15.2. The fourth-order valence-electron chi connectivity index (χ4n) is 3.98. The van der Waals surface area contributed by atoms with Crippen LogP contribution in [0.25, 0.3) is 0 Å². The third-order valence-corrected chi connectivity index (χ3v) is 5.95. The number of aromatic nitrogens is 1. The van der Waals surface area contributed by atoms with E-state index < -0.39 is 5.41 Å². The van der Waals surface area contributed by atoms with Crippen molar-refractivity contribution in [1.29, 1.82) is 0 Å². The Morgan fingerprint density at radius 2 is 1.81 bits per heavy atom. The maximum absolute atomic E-state index is 13.0. The smallest absolute Gasteiger partial charge is 0.242 e. The molecule has 3 rings (SSSR count).